The minimum atomic E-state index is 0.840. The first-order valence-corrected chi connectivity index (χ1v) is 4.77. The molecular weight excluding hydrogens is 180 g/mol. The Morgan fingerprint density at radius 3 is 2.54 bits per heavy atom. The molecule has 0 N–H and O–H groups in total. The molecule has 0 saturated heterocycles. The van der Waals surface area contributed by atoms with Crippen LogP contribution in [0, 0.1) is 0 Å². The second-order valence-electron chi connectivity index (χ2n) is 3.33. The predicted octanol–water partition coefficient (Wildman–Crippen LogP) is 3.88. The average molecular weight is 191 g/mol. The van der Waals surface area contributed by atoms with E-state index in [0.29, 0.717) is 0 Å². The van der Waals surface area contributed by atoms with Crippen molar-refractivity contribution in [3.05, 3.63) is 58.2 Å². The van der Waals surface area contributed by atoms with Crippen LogP contribution in [0.25, 0.3) is 0 Å². The largest absolute Gasteiger partial charge is 0.0847 e. The molecule has 0 fully saturated rings. The number of hydrogen-bond donors (Lipinski definition) is 0. The summed E-state index contributed by atoms with van der Waals surface area (Å²) < 4.78 is 0. The normalized spacial score (nSPS) is 26.3. The maximum absolute atomic E-state index is 5.84. The fourth-order valence-corrected chi connectivity index (χ4v) is 1.64. The van der Waals surface area contributed by atoms with Gasteiger partial charge in [0.2, 0.25) is 0 Å². The number of hydrogen-bond acceptors (Lipinski definition) is 0. The molecule has 13 heavy (non-hydrogen) atoms. The van der Waals surface area contributed by atoms with Crippen LogP contribution in [-0.2, 0) is 0 Å². The molecule has 0 unspecified atom stereocenters. The molecule has 2 aliphatic carbocycles. The van der Waals surface area contributed by atoms with Crippen molar-refractivity contribution in [2.24, 2.45) is 0 Å². The summed E-state index contributed by atoms with van der Waals surface area (Å²) in [5.74, 6) is 0. The molecule has 0 aromatic rings. The molecule has 0 amide bonds. The van der Waals surface area contributed by atoms with Crippen LogP contribution in [0.15, 0.2) is 58.2 Å². The lowest BCUT2D eigenvalue weighted by atomic mass is 10.0. The first kappa shape index (κ1) is 8.58. The highest BCUT2D eigenvalue weighted by atomic mass is 35.5. The summed E-state index contributed by atoms with van der Waals surface area (Å²) in [5.41, 5.74) is 3.98. The van der Waals surface area contributed by atoms with Crippen molar-refractivity contribution < 1.29 is 0 Å². The monoisotopic (exact) mass is 190 g/mol. The molecular formula is C12H11Cl. The number of halogens is 1. The van der Waals surface area contributed by atoms with Crippen LogP contribution >= 0.6 is 11.6 Å². The Morgan fingerprint density at radius 1 is 1.15 bits per heavy atom. The lowest BCUT2D eigenvalue weighted by molar-refractivity contribution is 1.23. The standard InChI is InChI=1S/C12H11Cl/c1-9-2-3-11(8-9)10-4-6-12(13)7-5-10/h2-4,6-8H,5H2,1H3/b11-10-. The second-order valence-corrected chi connectivity index (χ2v) is 3.77. The van der Waals surface area contributed by atoms with E-state index in [1.54, 1.807) is 0 Å². The SMILES string of the molecule is CC1=C/C(=C2/C=CC(Cl)=CC2)C=C1. The fourth-order valence-electron chi connectivity index (χ4n) is 1.50. The van der Waals surface area contributed by atoms with Gasteiger partial charge in [-0.15, -0.1) is 0 Å². The summed E-state index contributed by atoms with van der Waals surface area (Å²) in [4.78, 5) is 0. The highest BCUT2D eigenvalue weighted by molar-refractivity contribution is 6.31. The van der Waals surface area contributed by atoms with Gasteiger partial charge in [-0.25, -0.2) is 0 Å². The Hall–Kier alpha value is -1.01. The van der Waals surface area contributed by atoms with E-state index in [1.165, 1.54) is 16.7 Å². The zero-order chi connectivity index (χ0) is 9.26. The first-order chi connectivity index (χ1) is 6.25. The van der Waals surface area contributed by atoms with Crippen molar-refractivity contribution in [3.63, 3.8) is 0 Å². The van der Waals surface area contributed by atoms with Crippen molar-refractivity contribution in [1.82, 2.24) is 0 Å². The molecule has 2 aliphatic rings. The maximum atomic E-state index is 5.84. The second kappa shape index (κ2) is 3.39. The van der Waals surface area contributed by atoms with Gasteiger partial charge in [0.05, 0.1) is 0 Å². The van der Waals surface area contributed by atoms with Gasteiger partial charge < -0.3 is 0 Å². The predicted molar refractivity (Wildman–Crippen MR) is 57.6 cm³/mol. The highest BCUT2D eigenvalue weighted by Crippen LogP contribution is 2.25. The zero-order valence-corrected chi connectivity index (χ0v) is 8.31. The van der Waals surface area contributed by atoms with Gasteiger partial charge in [-0.05, 0) is 30.6 Å². The first-order valence-electron chi connectivity index (χ1n) is 4.39. The lowest BCUT2D eigenvalue weighted by Crippen LogP contribution is -1.86. The third-order valence-corrected chi connectivity index (χ3v) is 2.52. The van der Waals surface area contributed by atoms with Gasteiger partial charge in [-0.3, -0.25) is 0 Å². The molecule has 0 radical (unpaired) electrons. The van der Waals surface area contributed by atoms with Crippen LogP contribution in [0.1, 0.15) is 13.3 Å². The summed E-state index contributed by atoms with van der Waals surface area (Å²) in [6, 6.07) is 0. The Balaban J connectivity index is 2.30. The summed E-state index contributed by atoms with van der Waals surface area (Å²) >= 11 is 5.84. The van der Waals surface area contributed by atoms with Gasteiger partial charge >= 0.3 is 0 Å². The van der Waals surface area contributed by atoms with E-state index in [-0.39, 0.29) is 0 Å². The van der Waals surface area contributed by atoms with Crippen molar-refractivity contribution in [1.29, 1.82) is 0 Å². The highest BCUT2D eigenvalue weighted by Gasteiger charge is 2.05. The summed E-state index contributed by atoms with van der Waals surface area (Å²) in [5, 5.41) is 0.840. The molecule has 0 aliphatic heterocycles. The molecule has 0 nitrogen and oxygen atoms in total. The third kappa shape index (κ3) is 1.84. The number of rotatable bonds is 0. The van der Waals surface area contributed by atoms with Crippen molar-refractivity contribution in [3.8, 4) is 0 Å². The third-order valence-electron chi connectivity index (χ3n) is 2.24. The quantitative estimate of drug-likeness (QED) is 0.544. The van der Waals surface area contributed by atoms with Crippen LogP contribution in [-0.4, -0.2) is 0 Å². The Labute approximate surface area is 83.6 Å². The van der Waals surface area contributed by atoms with Gasteiger partial charge in [0.15, 0.2) is 0 Å². The van der Waals surface area contributed by atoms with E-state index in [1.807, 2.05) is 12.2 Å². The fraction of sp³-hybridized carbons (Fsp3) is 0.167. The van der Waals surface area contributed by atoms with Gasteiger partial charge in [0.25, 0.3) is 0 Å². The Morgan fingerprint density at radius 2 is 2.00 bits per heavy atom. The summed E-state index contributed by atoms with van der Waals surface area (Å²) in [7, 11) is 0. The van der Waals surface area contributed by atoms with Crippen LogP contribution < -0.4 is 0 Å². The minimum absolute atomic E-state index is 0.840. The molecule has 0 aromatic heterocycles. The molecule has 66 valence electrons. The van der Waals surface area contributed by atoms with Gasteiger partial charge in [0.1, 0.15) is 0 Å². The van der Waals surface area contributed by atoms with Gasteiger partial charge in [-0.2, -0.15) is 0 Å². The van der Waals surface area contributed by atoms with Crippen molar-refractivity contribution in [2.75, 3.05) is 0 Å². The van der Waals surface area contributed by atoms with Crippen LogP contribution in [0.4, 0.5) is 0 Å². The van der Waals surface area contributed by atoms with Crippen molar-refractivity contribution >= 4 is 11.6 Å². The van der Waals surface area contributed by atoms with Gasteiger partial charge in [-0.1, -0.05) is 47.6 Å². The van der Waals surface area contributed by atoms with Gasteiger partial charge in [0, 0.05) is 5.03 Å². The summed E-state index contributed by atoms with van der Waals surface area (Å²) in [6.07, 6.45) is 13.5. The molecule has 0 bridgehead atoms. The van der Waals surface area contributed by atoms with E-state index >= 15 is 0 Å². The molecule has 0 saturated carbocycles. The smallest absolute Gasteiger partial charge is 0.0369 e. The molecule has 0 atom stereocenters. The molecule has 2 rings (SSSR count). The average Bonchev–Trinajstić information content (AvgIpc) is 2.53. The molecule has 0 heterocycles. The van der Waals surface area contributed by atoms with E-state index in [4.69, 9.17) is 11.6 Å². The number of allylic oxidation sites excluding steroid dienone is 10. The van der Waals surface area contributed by atoms with Crippen LogP contribution in [0.5, 0.6) is 0 Å². The maximum Gasteiger partial charge on any atom is 0.0369 e. The zero-order valence-electron chi connectivity index (χ0n) is 7.55. The lowest BCUT2D eigenvalue weighted by Gasteiger charge is -2.06. The van der Waals surface area contributed by atoms with Crippen LogP contribution in [0.3, 0.4) is 0 Å². The minimum Gasteiger partial charge on any atom is -0.0847 e. The molecule has 0 spiro atoms. The van der Waals surface area contributed by atoms with E-state index in [9.17, 15) is 0 Å². The summed E-state index contributed by atoms with van der Waals surface area (Å²) in [6.45, 7) is 2.11. The Bertz CT molecular complexity index is 376. The molecule has 1 heteroatoms. The van der Waals surface area contributed by atoms with Crippen LogP contribution in [0.2, 0.25) is 0 Å². The van der Waals surface area contributed by atoms with E-state index in [2.05, 4.69) is 31.2 Å². The van der Waals surface area contributed by atoms with Crippen molar-refractivity contribution in [2.45, 2.75) is 13.3 Å². The molecule has 0 aromatic carbocycles. The Kier molecular flexibility index (Phi) is 2.24. The van der Waals surface area contributed by atoms with E-state index < -0.39 is 0 Å². The van der Waals surface area contributed by atoms with E-state index in [0.717, 1.165) is 11.5 Å². The topological polar surface area (TPSA) is 0 Å².